The maximum atomic E-state index is 12.0. The molecule has 0 bridgehead atoms. The SMILES string of the molecule is CC(C)(ON)c1ccc(OC(F)F)c(Cl)c1. The summed E-state index contributed by atoms with van der Waals surface area (Å²) < 4.78 is 28.2. The number of ether oxygens (including phenoxy) is 1. The standard InChI is InChI=1S/C10H12ClF2NO2/c1-10(2,16-14)6-3-4-8(7(11)5-6)15-9(12)13/h3-5,9H,14H2,1-2H3. The van der Waals surface area contributed by atoms with Crippen molar-refractivity contribution in [2.75, 3.05) is 0 Å². The van der Waals surface area contributed by atoms with E-state index in [9.17, 15) is 8.78 Å². The summed E-state index contributed by atoms with van der Waals surface area (Å²) in [5.41, 5.74) is -0.0749. The summed E-state index contributed by atoms with van der Waals surface area (Å²) in [7, 11) is 0. The van der Waals surface area contributed by atoms with Crippen LogP contribution in [0, 0.1) is 0 Å². The molecule has 3 nitrogen and oxygen atoms in total. The predicted octanol–water partition coefficient (Wildman–Crippen LogP) is 3.07. The molecular formula is C10H12ClF2NO2. The molecule has 1 rings (SSSR count). The van der Waals surface area contributed by atoms with Gasteiger partial charge in [0, 0.05) is 0 Å². The van der Waals surface area contributed by atoms with Crippen LogP contribution >= 0.6 is 11.6 Å². The Morgan fingerprint density at radius 1 is 1.38 bits per heavy atom. The van der Waals surface area contributed by atoms with Gasteiger partial charge < -0.3 is 4.74 Å². The van der Waals surface area contributed by atoms with Crippen LogP contribution in [-0.2, 0) is 10.4 Å². The first-order valence-electron chi connectivity index (χ1n) is 4.49. The lowest BCUT2D eigenvalue weighted by Gasteiger charge is -2.22. The van der Waals surface area contributed by atoms with Crippen molar-refractivity contribution in [2.24, 2.45) is 5.90 Å². The summed E-state index contributed by atoms with van der Waals surface area (Å²) in [5.74, 6) is 5.04. The fourth-order valence-corrected chi connectivity index (χ4v) is 1.36. The van der Waals surface area contributed by atoms with Crippen molar-refractivity contribution >= 4 is 11.6 Å². The summed E-state index contributed by atoms with van der Waals surface area (Å²) >= 11 is 5.78. The highest BCUT2D eigenvalue weighted by molar-refractivity contribution is 6.32. The van der Waals surface area contributed by atoms with Crippen molar-refractivity contribution in [3.05, 3.63) is 28.8 Å². The topological polar surface area (TPSA) is 44.5 Å². The number of hydrogen-bond acceptors (Lipinski definition) is 3. The minimum absolute atomic E-state index is 0.0757. The number of hydrogen-bond donors (Lipinski definition) is 1. The second kappa shape index (κ2) is 4.95. The summed E-state index contributed by atoms with van der Waals surface area (Å²) in [4.78, 5) is 4.75. The number of benzene rings is 1. The van der Waals surface area contributed by atoms with E-state index < -0.39 is 12.2 Å². The lowest BCUT2D eigenvalue weighted by atomic mass is 9.98. The van der Waals surface area contributed by atoms with Crippen LogP contribution in [0.2, 0.25) is 5.02 Å². The van der Waals surface area contributed by atoms with E-state index in [1.54, 1.807) is 19.9 Å². The van der Waals surface area contributed by atoms with E-state index in [2.05, 4.69) is 4.74 Å². The van der Waals surface area contributed by atoms with Gasteiger partial charge in [-0.3, -0.25) is 4.84 Å². The predicted molar refractivity (Wildman–Crippen MR) is 56.4 cm³/mol. The largest absolute Gasteiger partial charge is 0.433 e. The summed E-state index contributed by atoms with van der Waals surface area (Å²) in [6.07, 6.45) is 0. The fraction of sp³-hybridized carbons (Fsp3) is 0.400. The Labute approximate surface area is 97.0 Å². The van der Waals surface area contributed by atoms with Gasteiger partial charge in [-0.1, -0.05) is 17.7 Å². The maximum absolute atomic E-state index is 12.0. The van der Waals surface area contributed by atoms with Crippen molar-refractivity contribution in [1.29, 1.82) is 0 Å². The molecule has 0 unspecified atom stereocenters. The number of nitrogens with two attached hydrogens (primary N) is 1. The van der Waals surface area contributed by atoms with Crippen molar-refractivity contribution < 1.29 is 18.4 Å². The third-order valence-electron chi connectivity index (χ3n) is 2.14. The lowest BCUT2D eigenvalue weighted by Crippen LogP contribution is -2.25. The summed E-state index contributed by atoms with van der Waals surface area (Å²) in [5, 5.41) is 0.0860. The molecule has 2 N–H and O–H groups in total. The van der Waals surface area contributed by atoms with Crippen LogP contribution in [0.4, 0.5) is 8.78 Å². The van der Waals surface area contributed by atoms with Crippen LogP contribution in [0.25, 0.3) is 0 Å². The van der Waals surface area contributed by atoms with E-state index in [-0.39, 0.29) is 10.8 Å². The molecule has 0 heterocycles. The minimum atomic E-state index is -2.90. The van der Waals surface area contributed by atoms with Gasteiger partial charge in [-0.25, -0.2) is 5.90 Å². The summed E-state index contributed by atoms with van der Waals surface area (Å²) in [6.45, 7) is 0.556. The van der Waals surface area contributed by atoms with Gasteiger partial charge in [-0.05, 0) is 31.5 Å². The lowest BCUT2D eigenvalue weighted by molar-refractivity contribution is -0.0499. The molecule has 0 aromatic heterocycles. The van der Waals surface area contributed by atoms with Crippen molar-refractivity contribution in [2.45, 2.75) is 26.1 Å². The molecule has 0 fully saturated rings. The molecule has 0 aliphatic rings. The fourth-order valence-electron chi connectivity index (χ4n) is 1.13. The molecule has 0 spiro atoms. The highest BCUT2D eigenvalue weighted by atomic mass is 35.5. The third-order valence-corrected chi connectivity index (χ3v) is 2.43. The molecule has 16 heavy (non-hydrogen) atoms. The van der Waals surface area contributed by atoms with E-state index in [1.165, 1.54) is 12.1 Å². The molecule has 1 aromatic rings. The molecule has 0 saturated carbocycles. The Hall–Kier alpha value is -0.910. The highest BCUT2D eigenvalue weighted by Gasteiger charge is 2.22. The molecule has 1 aromatic carbocycles. The molecule has 0 radical (unpaired) electrons. The number of alkyl halides is 2. The van der Waals surface area contributed by atoms with E-state index in [0.717, 1.165) is 0 Å². The first-order chi connectivity index (χ1) is 7.36. The van der Waals surface area contributed by atoms with Crippen LogP contribution in [0.15, 0.2) is 18.2 Å². The zero-order valence-corrected chi connectivity index (χ0v) is 9.59. The number of halogens is 3. The average Bonchev–Trinajstić information content (AvgIpc) is 2.20. The Morgan fingerprint density at radius 3 is 2.44 bits per heavy atom. The van der Waals surface area contributed by atoms with E-state index in [0.29, 0.717) is 5.56 Å². The van der Waals surface area contributed by atoms with Gasteiger partial charge in [-0.2, -0.15) is 8.78 Å². The summed E-state index contributed by atoms with van der Waals surface area (Å²) in [6, 6.07) is 4.40. The number of rotatable bonds is 4. The van der Waals surface area contributed by atoms with Crippen LogP contribution in [0.5, 0.6) is 5.75 Å². The van der Waals surface area contributed by atoms with Gasteiger partial charge >= 0.3 is 6.61 Å². The second-order valence-corrected chi connectivity index (χ2v) is 4.06. The third kappa shape index (κ3) is 3.04. The molecule has 0 aliphatic carbocycles. The maximum Gasteiger partial charge on any atom is 0.387 e. The van der Waals surface area contributed by atoms with Gasteiger partial charge in [-0.15, -0.1) is 0 Å². The van der Waals surface area contributed by atoms with Gasteiger partial charge in [0.25, 0.3) is 0 Å². The average molecular weight is 252 g/mol. The van der Waals surface area contributed by atoms with Crippen molar-refractivity contribution in [1.82, 2.24) is 0 Å². The normalized spacial score (nSPS) is 11.9. The van der Waals surface area contributed by atoms with Crippen molar-refractivity contribution in [3.63, 3.8) is 0 Å². The van der Waals surface area contributed by atoms with E-state index in [1.807, 2.05) is 0 Å². The van der Waals surface area contributed by atoms with E-state index in [4.69, 9.17) is 22.3 Å². The van der Waals surface area contributed by atoms with Gasteiger partial charge in [0.05, 0.1) is 5.02 Å². The monoisotopic (exact) mass is 251 g/mol. The molecule has 0 atom stereocenters. The van der Waals surface area contributed by atoms with Gasteiger partial charge in [0.15, 0.2) is 0 Å². The quantitative estimate of drug-likeness (QED) is 0.837. The second-order valence-electron chi connectivity index (χ2n) is 3.65. The first-order valence-corrected chi connectivity index (χ1v) is 4.87. The van der Waals surface area contributed by atoms with Crippen molar-refractivity contribution in [3.8, 4) is 5.75 Å². The van der Waals surface area contributed by atoms with Gasteiger partial charge in [0.2, 0.25) is 0 Å². The molecule has 0 saturated heterocycles. The van der Waals surface area contributed by atoms with Crippen LogP contribution in [0.3, 0.4) is 0 Å². The van der Waals surface area contributed by atoms with Gasteiger partial charge in [0.1, 0.15) is 11.4 Å². The molecule has 90 valence electrons. The van der Waals surface area contributed by atoms with E-state index >= 15 is 0 Å². The van der Waals surface area contributed by atoms with Crippen LogP contribution < -0.4 is 10.6 Å². The highest BCUT2D eigenvalue weighted by Crippen LogP contribution is 2.32. The molecule has 6 heteroatoms. The molecule has 0 amide bonds. The Bertz CT molecular complexity index is 372. The Balaban J connectivity index is 2.99. The smallest absolute Gasteiger partial charge is 0.387 e. The molecule has 0 aliphatic heterocycles. The zero-order valence-electron chi connectivity index (χ0n) is 8.84. The zero-order chi connectivity index (χ0) is 12.3. The van der Waals surface area contributed by atoms with Crippen LogP contribution in [0.1, 0.15) is 19.4 Å². The molecular weight excluding hydrogens is 240 g/mol. The minimum Gasteiger partial charge on any atom is -0.433 e. The first kappa shape index (κ1) is 13.2. The Kier molecular flexibility index (Phi) is 4.07. The van der Waals surface area contributed by atoms with Crippen LogP contribution in [-0.4, -0.2) is 6.61 Å². The Morgan fingerprint density at radius 2 is 2.00 bits per heavy atom.